The van der Waals surface area contributed by atoms with Gasteiger partial charge in [0.05, 0.1) is 12.3 Å². The maximum Gasteiger partial charge on any atom is 0.180 e. The fourth-order valence-corrected chi connectivity index (χ4v) is 4.36. The molecule has 23 heavy (non-hydrogen) atoms. The molecule has 126 valence electrons. The molecule has 3 aliphatic rings. The minimum Gasteiger partial charge on any atom is -0.485 e. The van der Waals surface area contributed by atoms with Crippen LogP contribution in [0, 0.1) is 5.41 Å². The first kappa shape index (κ1) is 15.2. The van der Waals surface area contributed by atoms with E-state index in [0.717, 1.165) is 37.7 Å². The van der Waals surface area contributed by atoms with Crippen molar-refractivity contribution in [1.82, 2.24) is 15.3 Å². The summed E-state index contributed by atoms with van der Waals surface area (Å²) in [5.74, 6) is 1.90. The minimum absolute atomic E-state index is 0.344. The van der Waals surface area contributed by atoms with Gasteiger partial charge in [0.25, 0.3) is 0 Å². The number of ether oxygens (including phenoxy) is 1. The lowest BCUT2D eigenvalue weighted by Gasteiger charge is -2.53. The summed E-state index contributed by atoms with van der Waals surface area (Å²) in [4.78, 5) is 11.1. The minimum atomic E-state index is 0.344. The molecule has 0 unspecified atom stereocenters. The molecule has 1 N–H and O–H groups in total. The third-order valence-corrected chi connectivity index (χ3v) is 5.77. The van der Waals surface area contributed by atoms with Crippen LogP contribution in [0.5, 0.6) is 5.75 Å². The van der Waals surface area contributed by atoms with Crippen LogP contribution in [0.25, 0.3) is 0 Å². The van der Waals surface area contributed by atoms with Gasteiger partial charge < -0.3 is 15.0 Å². The summed E-state index contributed by atoms with van der Waals surface area (Å²) < 4.78 is 6.32. The van der Waals surface area contributed by atoms with E-state index in [2.05, 4.69) is 20.2 Å². The first-order chi connectivity index (χ1) is 11.3. The highest BCUT2D eigenvalue weighted by Crippen LogP contribution is 2.43. The summed E-state index contributed by atoms with van der Waals surface area (Å²) in [5.41, 5.74) is 0.510. The van der Waals surface area contributed by atoms with Crippen LogP contribution in [0.15, 0.2) is 12.5 Å². The van der Waals surface area contributed by atoms with Gasteiger partial charge in [0.15, 0.2) is 11.6 Å². The van der Waals surface area contributed by atoms with Crippen molar-refractivity contribution in [2.45, 2.75) is 57.5 Å². The molecule has 3 heterocycles. The van der Waals surface area contributed by atoms with Gasteiger partial charge in [0.1, 0.15) is 6.33 Å². The average molecular weight is 316 g/mol. The molecule has 0 bridgehead atoms. The SMILES string of the molecule is c1ncc(OC2CCCCCC2)c(N2CC3(CCNCC3)C2)n1. The zero-order chi connectivity index (χ0) is 15.5. The van der Waals surface area contributed by atoms with Crippen molar-refractivity contribution in [3.8, 4) is 5.75 Å². The van der Waals surface area contributed by atoms with Gasteiger partial charge in [-0.15, -0.1) is 0 Å². The summed E-state index contributed by atoms with van der Waals surface area (Å²) in [6.45, 7) is 4.55. The molecule has 2 saturated heterocycles. The molecule has 4 rings (SSSR count). The molecule has 0 atom stereocenters. The fraction of sp³-hybridized carbons (Fsp3) is 0.778. The van der Waals surface area contributed by atoms with E-state index in [0.29, 0.717) is 11.5 Å². The van der Waals surface area contributed by atoms with Crippen LogP contribution in [0.4, 0.5) is 5.82 Å². The van der Waals surface area contributed by atoms with E-state index < -0.39 is 0 Å². The number of rotatable bonds is 3. The van der Waals surface area contributed by atoms with Crippen molar-refractivity contribution in [3.05, 3.63) is 12.5 Å². The smallest absolute Gasteiger partial charge is 0.180 e. The summed E-state index contributed by atoms with van der Waals surface area (Å²) in [5, 5.41) is 3.47. The van der Waals surface area contributed by atoms with Crippen LogP contribution in [0.2, 0.25) is 0 Å². The predicted octanol–water partition coefficient (Wildman–Crippen LogP) is 2.77. The second-order valence-electron chi connectivity index (χ2n) is 7.55. The molecule has 1 saturated carbocycles. The van der Waals surface area contributed by atoms with E-state index in [1.165, 1.54) is 51.4 Å². The van der Waals surface area contributed by atoms with Gasteiger partial charge in [0.2, 0.25) is 0 Å². The van der Waals surface area contributed by atoms with Crippen LogP contribution in [0.3, 0.4) is 0 Å². The number of aromatic nitrogens is 2. The van der Waals surface area contributed by atoms with Crippen LogP contribution in [0.1, 0.15) is 51.4 Å². The second-order valence-corrected chi connectivity index (χ2v) is 7.55. The molecule has 1 spiro atoms. The Morgan fingerprint density at radius 3 is 2.57 bits per heavy atom. The topological polar surface area (TPSA) is 50.3 Å². The van der Waals surface area contributed by atoms with Gasteiger partial charge in [-0.1, -0.05) is 12.8 Å². The largest absolute Gasteiger partial charge is 0.485 e. The molecule has 1 aromatic rings. The van der Waals surface area contributed by atoms with Crippen molar-refractivity contribution < 1.29 is 4.74 Å². The number of nitrogens with one attached hydrogen (secondary N) is 1. The Kier molecular flexibility index (Phi) is 4.38. The summed E-state index contributed by atoms with van der Waals surface area (Å²) in [7, 11) is 0. The highest BCUT2D eigenvalue weighted by molar-refractivity contribution is 5.53. The lowest BCUT2D eigenvalue weighted by molar-refractivity contribution is 0.144. The summed E-state index contributed by atoms with van der Waals surface area (Å²) in [6, 6.07) is 0. The van der Waals surface area contributed by atoms with Gasteiger partial charge in [0, 0.05) is 18.5 Å². The maximum absolute atomic E-state index is 6.32. The normalized spacial score (nSPS) is 25.0. The van der Waals surface area contributed by atoms with E-state index in [4.69, 9.17) is 4.74 Å². The van der Waals surface area contributed by atoms with Crippen molar-refractivity contribution in [2.75, 3.05) is 31.1 Å². The van der Waals surface area contributed by atoms with Crippen molar-refractivity contribution in [1.29, 1.82) is 0 Å². The zero-order valence-electron chi connectivity index (χ0n) is 14.0. The number of hydrogen-bond donors (Lipinski definition) is 1. The monoisotopic (exact) mass is 316 g/mol. The van der Waals surface area contributed by atoms with E-state index in [1.807, 2.05) is 6.20 Å². The third-order valence-electron chi connectivity index (χ3n) is 5.77. The maximum atomic E-state index is 6.32. The standard InChI is InChI=1S/C18H28N4O/c1-2-4-6-15(5-3-1)23-16-11-20-14-21-17(16)22-12-18(13-22)7-9-19-10-8-18/h11,14-15,19H,1-10,12-13H2. The average Bonchev–Trinajstić information content (AvgIpc) is 2.83. The number of anilines is 1. The van der Waals surface area contributed by atoms with Crippen molar-refractivity contribution in [3.63, 3.8) is 0 Å². The number of hydrogen-bond acceptors (Lipinski definition) is 5. The Morgan fingerprint density at radius 2 is 1.83 bits per heavy atom. The first-order valence-electron chi connectivity index (χ1n) is 9.27. The lowest BCUT2D eigenvalue weighted by Crippen LogP contribution is -2.60. The van der Waals surface area contributed by atoms with E-state index in [-0.39, 0.29) is 0 Å². The Morgan fingerprint density at radius 1 is 1.09 bits per heavy atom. The Balaban J connectivity index is 1.43. The molecule has 2 aliphatic heterocycles. The van der Waals surface area contributed by atoms with Crippen molar-refractivity contribution in [2.24, 2.45) is 5.41 Å². The molecule has 5 nitrogen and oxygen atoms in total. The highest BCUT2D eigenvalue weighted by Gasteiger charge is 2.44. The fourth-order valence-electron chi connectivity index (χ4n) is 4.36. The molecule has 0 amide bonds. The number of piperidine rings is 1. The predicted molar refractivity (Wildman–Crippen MR) is 90.9 cm³/mol. The van der Waals surface area contributed by atoms with Crippen LogP contribution in [-0.4, -0.2) is 42.3 Å². The first-order valence-corrected chi connectivity index (χ1v) is 9.27. The zero-order valence-corrected chi connectivity index (χ0v) is 14.0. The summed E-state index contributed by atoms with van der Waals surface area (Å²) in [6.07, 6.45) is 14.0. The van der Waals surface area contributed by atoms with E-state index in [1.54, 1.807) is 6.33 Å². The molecule has 1 aliphatic carbocycles. The molecule has 0 aromatic carbocycles. The molecular weight excluding hydrogens is 288 g/mol. The van der Waals surface area contributed by atoms with Crippen molar-refractivity contribution >= 4 is 5.82 Å². The molecular formula is C18H28N4O. The van der Waals surface area contributed by atoms with Gasteiger partial charge in [-0.25, -0.2) is 9.97 Å². The van der Waals surface area contributed by atoms with E-state index >= 15 is 0 Å². The Labute approximate surface area is 138 Å². The molecule has 1 aromatic heterocycles. The van der Waals surface area contributed by atoms with Crippen LogP contribution >= 0.6 is 0 Å². The van der Waals surface area contributed by atoms with Gasteiger partial charge in [-0.3, -0.25) is 0 Å². The quantitative estimate of drug-likeness (QED) is 0.869. The van der Waals surface area contributed by atoms with Gasteiger partial charge in [-0.2, -0.15) is 0 Å². The van der Waals surface area contributed by atoms with Crippen LogP contribution < -0.4 is 15.0 Å². The van der Waals surface area contributed by atoms with Gasteiger partial charge in [-0.05, 0) is 51.6 Å². The Hall–Kier alpha value is -1.36. The lowest BCUT2D eigenvalue weighted by atomic mass is 9.72. The Bertz CT molecular complexity index is 514. The molecule has 3 fully saturated rings. The molecule has 0 radical (unpaired) electrons. The van der Waals surface area contributed by atoms with E-state index in [9.17, 15) is 0 Å². The summed E-state index contributed by atoms with van der Waals surface area (Å²) >= 11 is 0. The second kappa shape index (κ2) is 6.63. The van der Waals surface area contributed by atoms with Gasteiger partial charge >= 0.3 is 0 Å². The highest BCUT2D eigenvalue weighted by atomic mass is 16.5. The number of nitrogens with zero attached hydrogens (tertiary/aromatic N) is 3. The molecule has 5 heteroatoms. The van der Waals surface area contributed by atoms with Crippen LogP contribution in [-0.2, 0) is 0 Å². The third kappa shape index (κ3) is 3.30.